The van der Waals surface area contributed by atoms with Gasteiger partial charge in [0.25, 0.3) is 0 Å². The van der Waals surface area contributed by atoms with Crippen molar-refractivity contribution in [2.75, 3.05) is 0 Å². The molecule has 0 heterocycles. The Hall–Kier alpha value is -1.49. The minimum atomic E-state index is -0.469. The summed E-state index contributed by atoms with van der Waals surface area (Å²) in [4.78, 5) is 11.9. The van der Waals surface area contributed by atoms with Gasteiger partial charge in [0, 0.05) is 6.20 Å². The van der Waals surface area contributed by atoms with E-state index in [9.17, 15) is 4.79 Å². The summed E-state index contributed by atoms with van der Waals surface area (Å²) < 4.78 is 0. The van der Waals surface area contributed by atoms with Crippen LogP contribution < -0.4 is 22.5 Å². The lowest BCUT2D eigenvalue weighted by Gasteiger charge is -2.54. The van der Waals surface area contributed by atoms with E-state index in [4.69, 9.17) is 17.2 Å². The third-order valence-corrected chi connectivity index (χ3v) is 4.50. The Labute approximate surface area is 114 Å². The average Bonchev–Trinajstić information content (AvgIpc) is 2.29. The molecule has 0 bridgehead atoms. The minimum Gasteiger partial charge on any atom is -0.405 e. The maximum atomic E-state index is 11.9. The second-order valence-electron chi connectivity index (χ2n) is 5.94. The number of hydrogen-bond donors (Lipinski definition) is 4. The van der Waals surface area contributed by atoms with Crippen molar-refractivity contribution in [3.63, 3.8) is 0 Å². The average molecular weight is 264 g/mol. The van der Waals surface area contributed by atoms with Crippen LogP contribution in [0.25, 0.3) is 0 Å². The number of rotatable bonds is 5. The number of amides is 1. The van der Waals surface area contributed by atoms with Crippen molar-refractivity contribution in [1.29, 1.82) is 0 Å². The first-order chi connectivity index (χ1) is 9.08. The van der Waals surface area contributed by atoms with Gasteiger partial charge in [0.2, 0.25) is 5.91 Å². The van der Waals surface area contributed by atoms with Gasteiger partial charge in [0.05, 0.1) is 11.7 Å². The molecule has 0 saturated heterocycles. The molecule has 0 aromatic rings. The number of carbonyl (C=O) groups is 1. The van der Waals surface area contributed by atoms with Crippen LogP contribution in [-0.4, -0.2) is 11.9 Å². The summed E-state index contributed by atoms with van der Waals surface area (Å²) in [6, 6.07) is -0.469. The van der Waals surface area contributed by atoms with E-state index < -0.39 is 6.04 Å². The van der Waals surface area contributed by atoms with Crippen molar-refractivity contribution in [2.24, 2.45) is 28.5 Å². The highest BCUT2D eigenvalue weighted by Gasteiger charge is 2.48. The van der Waals surface area contributed by atoms with Crippen LogP contribution in [0.4, 0.5) is 0 Å². The van der Waals surface area contributed by atoms with Crippen LogP contribution in [0.15, 0.2) is 24.2 Å². The molecular weight excluding hydrogens is 240 g/mol. The fourth-order valence-corrected chi connectivity index (χ4v) is 3.36. The molecule has 5 nitrogen and oxygen atoms in total. The quantitative estimate of drug-likeness (QED) is 0.547. The Morgan fingerprint density at radius 3 is 2.53 bits per heavy atom. The van der Waals surface area contributed by atoms with Crippen molar-refractivity contribution in [3.8, 4) is 0 Å². The van der Waals surface area contributed by atoms with Crippen LogP contribution in [0.5, 0.6) is 0 Å². The zero-order valence-electron chi connectivity index (χ0n) is 11.3. The van der Waals surface area contributed by atoms with E-state index in [2.05, 4.69) is 5.32 Å². The first-order valence-corrected chi connectivity index (χ1v) is 6.95. The molecule has 1 atom stereocenters. The van der Waals surface area contributed by atoms with E-state index in [1.165, 1.54) is 50.6 Å². The number of allylic oxidation sites excluding steroid dienone is 1. The lowest BCUT2D eigenvalue weighted by molar-refractivity contribution is -0.123. The van der Waals surface area contributed by atoms with E-state index in [1.54, 1.807) is 0 Å². The monoisotopic (exact) mass is 264 g/mol. The zero-order valence-corrected chi connectivity index (χ0v) is 11.3. The van der Waals surface area contributed by atoms with Gasteiger partial charge in [-0.05, 0) is 55.7 Å². The molecule has 5 heteroatoms. The summed E-state index contributed by atoms with van der Waals surface area (Å²) >= 11 is 0. The van der Waals surface area contributed by atoms with Gasteiger partial charge in [0.15, 0.2) is 0 Å². The number of nitrogens with one attached hydrogen (secondary N) is 1. The molecule has 2 fully saturated rings. The van der Waals surface area contributed by atoms with Crippen molar-refractivity contribution < 1.29 is 4.79 Å². The maximum Gasteiger partial charge on any atom is 0.241 e. The highest BCUT2D eigenvalue weighted by atomic mass is 16.2. The zero-order chi connectivity index (χ0) is 13.9. The third-order valence-electron chi connectivity index (χ3n) is 4.50. The van der Waals surface area contributed by atoms with Gasteiger partial charge in [-0.2, -0.15) is 0 Å². The summed E-state index contributed by atoms with van der Waals surface area (Å²) in [5.74, 6) is 0.417. The summed E-state index contributed by atoms with van der Waals surface area (Å²) in [6.07, 6.45) is 11.5. The Bertz CT molecular complexity index is 390. The van der Waals surface area contributed by atoms with Gasteiger partial charge in [-0.3, -0.25) is 4.79 Å². The SMILES string of the molecule is NC=C(/C=C\N)NC(=O)C(N)CC1CC2(CCC2)C1. The third kappa shape index (κ3) is 3.10. The molecule has 2 rings (SSSR count). The highest BCUT2D eigenvalue weighted by Crippen LogP contribution is 2.59. The molecule has 1 amide bonds. The molecule has 0 aromatic carbocycles. The largest absolute Gasteiger partial charge is 0.405 e. The summed E-state index contributed by atoms with van der Waals surface area (Å²) in [5.41, 5.74) is 17.7. The molecule has 0 aromatic heterocycles. The van der Waals surface area contributed by atoms with Gasteiger partial charge in [0.1, 0.15) is 0 Å². The molecule has 2 saturated carbocycles. The molecule has 1 spiro atoms. The molecule has 19 heavy (non-hydrogen) atoms. The second kappa shape index (κ2) is 5.65. The van der Waals surface area contributed by atoms with E-state index in [0.29, 0.717) is 17.0 Å². The topological polar surface area (TPSA) is 107 Å². The molecule has 106 valence electrons. The van der Waals surface area contributed by atoms with E-state index in [0.717, 1.165) is 6.42 Å². The van der Waals surface area contributed by atoms with Crippen LogP contribution in [0.3, 0.4) is 0 Å². The Morgan fingerprint density at radius 2 is 2.05 bits per heavy atom. The highest BCUT2D eigenvalue weighted by molar-refractivity contribution is 5.83. The van der Waals surface area contributed by atoms with E-state index in [1.807, 2.05) is 0 Å². The van der Waals surface area contributed by atoms with Crippen molar-refractivity contribution in [3.05, 3.63) is 24.2 Å². The number of nitrogens with two attached hydrogens (primary N) is 3. The minimum absolute atomic E-state index is 0.190. The van der Waals surface area contributed by atoms with Crippen LogP contribution in [0.1, 0.15) is 38.5 Å². The fourth-order valence-electron chi connectivity index (χ4n) is 3.36. The smallest absolute Gasteiger partial charge is 0.241 e. The Morgan fingerprint density at radius 1 is 1.37 bits per heavy atom. The van der Waals surface area contributed by atoms with Gasteiger partial charge < -0.3 is 22.5 Å². The molecule has 0 radical (unpaired) electrons. The van der Waals surface area contributed by atoms with E-state index in [-0.39, 0.29) is 5.91 Å². The molecular formula is C14H24N4O. The molecule has 7 N–H and O–H groups in total. The van der Waals surface area contributed by atoms with E-state index >= 15 is 0 Å². The van der Waals surface area contributed by atoms with Crippen molar-refractivity contribution in [1.82, 2.24) is 5.32 Å². The number of hydrogen-bond acceptors (Lipinski definition) is 4. The second-order valence-corrected chi connectivity index (χ2v) is 5.94. The predicted octanol–water partition coefficient (Wildman–Crippen LogP) is 0.673. The molecule has 1 unspecified atom stereocenters. The first kappa shape index (κ1) is 13.9. The summed E-state index contributed by atoms with van der Waals surface area (Å²) in [5, 5.41) is 2.67. The Balaban J connectivity index is 1.73. The van der Waals surface area contributed by atoms with Gasteiger partial charge in [-0.1, -0.05) is 6.42 Å². The summed E-state index contributed by atoms with van der Waals surface area (Å²) in [7, 11) is 0. The Kier molecular flexibility index (Phi) is 4.14. The first-order valence-electron chi connectivity index (χ1n) is 6.95. The van der Waals surface area contributed by atoms with Crippen molar-refractivity contribution in [2.45, 2.75) is 44.6 Å². The number of carbonyl (C=O) groups excluding carboxylic acids is 1. The van der Waals surface area contributed by atoms with Gasteiger partial charge in [-0.25, -0.2) is 0 Å². The maximum absolute atomic E-state index is 11.9. The molecule has 2 aliphatic carbocycles. The lowest BCUT2D eigenvalue weighted by Crippen LogP contribution is -2.47. The molecule has 0 aliphatic heterocycles. The van der Waals surface area contributed by atoms with Crippen LogP contribution in [0, 0.1) is 11.3 Å². The van der Waals surface area contributed by atoms with Crippen molar-refractivity contribution >= 4 is 5.91 Å². The standard InChI is InChI=1S/C14H24N4O/c15-5-2-11(9-16)18-13(19)12(17)6-10-7-14(8-10)3-1-4-14/h2,5,9-10,12H,1,3-4,6-8,15-17H2,(H,18,19)/b5-2-,11-9?. The van der Waals surface area contributed by atoms with Gasteiger partial charge in [-0.15, -0.1) is 0 Å². The van der Waals surface area contributed by atoms with Gasteiger partial charge >= 0.3 is 0 Å². The normalized spacial score (nSPS) is 23.9. The van der Waals surface area contributed by atoms with Crippen LogP contribution in [-0.2, 0) is 4.79 Å². The summed E-state index contributed by atoms with van der Waals surface area (Å²) in [6.45, 7) is 0. The fraction of sp³-hybridized carbons (Fsp3) is 0.643. The van der Waals surface area contributed by atoms with Crippen LogP contribution >= 0.6 is 0 Å². The molecule has 2 aliphatic rings. The lowest BCUT2D eigenvalue weighted by atomic mass is 9.51. The van der Waals surface area contributed by atoms with Crippen LogP contribution in [0.2, 0.25) is 0 Å². The predicted molar refractivity (Wildman–Crippen MR) is 75.3 cm³/mol.